The van der Waals surface area contributed by atoms with Crippen LogP contribution in [0.5, 0.6) is 0 Å². The van der Waals surface area contributed by atoms with Crippen LogP contribution < -0.4 is 5.32 Å². The van der Waals surface area contributed by atoms with Crippen molar-refractivity contribution in [2.24, 2.45) is 0 Å². The van der Waals surface area contributed by atoms with Crippen molar-refractivity contribution in [3.8, 4) is 0 Å². The molecule has 1 aliphatic heterocycles. The molecule has 0 spiro atoms. The van der Waals surface area contributed by atoms with E-state index in [9.17, 15) is 0 Å². The third-order valence-corrected chi connectivity index (χ3v) is 5.05. The molecule has 2 rings (SSSR count). The molecule has 1 N–H and O–H groups in total. The van der Waals surface area contributed by atoms with Crippen molar-refractivity contribution in [1.29, 1.82) is 0 Å². The highest BCUT2D eigenvalue weighted by Gasteiger charge is 2.24. The Morgan fingerprint density at radius 3 is 2.92 bits per heavy atom. The Kier molecular flexibility index (Phi) is 2.98. The maximum Gasteiger partial charge on any atom is 0.107 e. The van der Waals surface area contributed by atoms with Gasteiger partial charge in [0.2, 0.25) is 0 Å². The molecule has 0 aromatic carbocycles. The number of nitrogens with one attached hydrogen (secondary N) is 1. The van der Waals surface area contributed by atoms with E-state index in [1.807, 2.05) is 0 Å². The van der Waals surface area contributed by atoms with Crippen LogP contribution in [0.4, 0.5) is 0 Å². The summed E-state index contributed by atoms with van der Waals surface area (Å²) in [6, 6.07) is 2.79. The molecule has 1 aliphatic rings. The van der Waals surface area contributed by atoms with E-state index in [4.69, 9.17) is 11.6 Å². The third kappa shape index (κ3) is 2.09. The molecule has 4 heteroatoms. The molecular formula is C9H11BrClNS. The molecule has 2 heterocycles. The number of halogens is 2. The second-order valence-electron chi connectivity index (χ2n) is 3.51. The summed E-state index contributed by atoms with van der Waals surface area (Å²) in [6.07, 6.45) is 1.23. The van der Waals surface area contributed by atoms with Crippen LogP contribution in [0.25, 0.3) is 0 Å². The molecule has 2 atom stereocenters. The standard InChI is InChI=1S/C9H11BrClNS/c1-5-2-6(4-12-5)8-3-7(10)9(11)13-8/h3,5-6,12H,2,4H2,1H3. The first-order valence-corrected chi connectivity index (χ1v) is 6.33. The summed E-state index contributed by atoms with van der Waals surface area (Å²) in [7, 11) is 0. The van der Waals surface area contributed by atoms with Crippen LogP contribution in [0.15, 0.2) is 10.5 Å². The molecule has 0 saturated carbocycles. The summed E-state index contributed by atoms with van der Waals surface area (Å²) in [6.45, 7) is 3.31. The van der Waals surface area contributed by atoms with Crippen molar-refractivity contribution in [2.75, 3.05) is 6.54 Å². The van der Waals surface area contributed by atoms with Gasteiger partial charge in [-0.15, -0.1) is 11.3 Å². The summed E-state index contributed by atoms with van der Waals surface area (Å²) < 4.78 is 1.91. The van der Waals surface area contributed by atoms with Crippen molar-refractivity contribution in [2.45, 2.75) is 25.3 Å². The molecule has 1 fully saturated rings. The zero-order valence-electron chi connectivity index (χ0n) is 7.31. The van der Waals surface area contributed by atoms with E-state index in [0.717, 1.165) is 15.4 Å². The largest absolute Gasteiger partial charge is 0.314 e. The summed E-state index contributed by atoms with van der Waals surface area (Å²) in [5.74, 6) is 0.656. The minimum absolute atomic E-state index is 0.643. The average molecular weight is 281 g/mol. The highest BCUT2D eigenvalue weighted by Crippen LogP contribution is 2.38. The first-order valence-electron chi connectivity index (χ1n) is 4.35. The molecular weight excluding hydrogens is 270 g/mol. The van der Waals surface area contributed by atoms with Crippen molar-refractivity contribution >= 4 is 38.9 Å². The van der Waals surface area contributed by atoms with Crippen LogP contribution in [0.1, 0.15) is 24.1 Å². The molecule has 0 bridgehead atoms. The fourth-order valence-electron chi connectivity index (χ4n) is 1.72. The van der Waals surface area contributed by atoms with Gasteiger partial charge in [-0.1, -0.05) is 11.6 Å². The molecule has 0 amide bonds. The van der Waals surface area contributed by atoms with Gasteiger partial charge >= 0.3 is 0 Å². The molecule has 1 aromatic heterocycles. The van der Waals surface area contributed by atoms with Gasteiger partial charge in [-0.25, -0.2) is 0 Å². The normalized spacial score (nSPS) is 28.2. The minimum atomic E-state index is 0.643. The molecule has 13 heavy (non-hydrogen) atoms. The number of rotatable bonds is 1. The number of thiophene rings is 1. The van der Waals surface area contributed by atoms with E-state index in [1.165, 1.54) is 11.3 Å². The summed E-state index contributed by atoms with van der Waals surface area (Å²) in [5.41, 5.74) is 0. The molecule has 0 aliphatic carbocycles. The SMILES string of the molecule is CC1CC(c2cc(Br)c(Cl)s2)CN1. The minimum Gasteiger partial charge on any atom is -0.314 e. The maximum atomic E-state index is 6.00. The number of hydrogen-bond donors (Lipinski definition) is 1. The lowest BCUT2D eigenvalue weighted by atomic mass is 10.1. The molecule has 1 nitrogen and oxygen atoms in total. The molecule has 1 saturated heterocycles. The smallest absolute Gasteiger partial charge is 0.107 e. The second kappa shape index (κ2) is 3.89. The molecule has 2 unspecified atom stereocenters. The van der Waals surface area contributed by atoms with Gasteiger partial charge in [-0.3, -0.25) is 0 Å². The Morgan fingerprint density at radius 1 is 1.69 bits per heavy atom. The fourth-order valence-corrected chi connectivity index (χ4v) is 3.57. The van der Waals surface area contributed by atoms with E-state index >= 15 is 0 Å². The predicted molar refractivity (Wildman–Crippen MR) is 61.9 cm³/mol. The van der Waals surface area contributed by atoms with Gasteiger partial charge in [0.05, 0.1) is 0 Å². The number of hydrogen-bond acceptors (Lipinski definition) is 2. The highest BCUT2D eigenvalue weighted by atomic mass is 79.9. The molecule has 0 radical (unpaired) electrons. The zero-order valence-corrected chi connectivity index (χ0v) is 10.5. The topological polar surface area (TPSA) is 12.0 Å². The van der Waals surface area contributed by atoms with Crippen molar-refractivity contribution < 1.29 is 0 Å². The van der Waals surface area contributed by atoms with Gasteiger partial charge in [0.1, 0.15) is 4.34 Å². The van der Waals surface area contributed by atoms with Crippen molar-refractivity contribution in [3.05, 3.63) is 19.8 Å². The van der Waals surface area contributed by atoms with Gasteiger partial charge in [0, 0.05) is 27.9 Å². The fraction of sp³-hybridized carbons (Fsp3) is 0.556. The summed E-state index contributed by atoms with van der Waals surface area (Å²) >= 11 is 11.1. The van der Waals surface area contributed by atoms with Crippen molar-refractivity contribution in [1.82, 2.24) is 5.32 Å². The predicted octanol–water partition coefficient (Wildman–Crippen LogP) is 3.63. The molecule has 72 valence electrons. The Morgan fingerprint density at radius 2 is 2.46 bits per heavy atom. The van der Waals surface area contributed by atoms with Crippen LogP contribution in [-0.4, -0.2) is 12.6 Å². The Balaban J connectivity index is 2.17. The summed E-state index contributed by atoms with van der Waals surface area (Å²) in [5, 5.41) is 3.45. The van der Waals surface area contributed by atoms with Gasteiger partial charge in [0.15, 0.2) is 0 Å². The van der Waals surface area contributed by atoms with Gasteiger partial charge in [-0.2, -0.15) is 0 Å². The van der Waals surface area contributed by atoms with E-state index in [-0.39, 0.29) is 0 Å². The van der Waals surface area contributed by atoms with Gasteiger partial charge < -0.3 is 5.32 Å². The third-order valence-electron chi connectivity index (χ3n) is 2.42. The summed E-state index contributed by atoms with van der Waals surface area (Å²) in [4.78, 5) is 1.40. The lowest BCUT2D eigenvalue weighted by molar-refractivity contribution is 0.659. The first-order chi connectivity index (χ1) is 6.16. The Hall–Kier alpha value is 0.430. The van der Waals surface area contributed by atoms with Crippen LogP contribution in [0.2, 0.25) is 4.34 Å². The first kappa shape index (κ1) is 9.97. The van der Waals surface area contributed by atoms with Crippen LogP contribution >= 0.6 is 38.9 Å². The van der Waals surface area contributed by atoms with E-state index < -0.39 is 0 Å². The van der Waals surface area contributed by atoms with Gasteiger partial charge in [0.25, 0.3) is 0 Å². The Labute approximate surface area is 95.6 Å². The van der Waals surface area contributed by atoms with Crippen LogP contribution in [-0.2, 0) is 0 Å². The monoisotopic (exact) mass is 279 g/mol. The Bertz CT molecular complexity index is 293. The molecule has 1 aromatic rings. The zero-order chi connectivity index (χ0) is 9.42. The average Bonchev–Trinajstić information content (AvgIpc) is 2.61. The highest BCUT2D eigenvalue weighted by molar-refractivity contribution is 9.10. The van der Waals surface area contributed by atoms with E-state index in [1.54, 1.807) is 11.3 Å². The second-order valence-corrected chi connectivity index (χ2v) is 6.05. The lowest BCUT2D eigenvalue weighted by Gasteiger charge is -2.03. The van der Waals surface area contributed by atoms with E-state index in [0.29, 0.717) is 12.0 Å². The lowest BCUT2D eigenvalue weighted by Crippen LogP contribution is -2.16. The maximum absolute atomic E-state index is 6.00. The van der Waals surface area contributed by atoms with Gasteiger partial charge in [-0.05, 0) is 35.3 Å². The van der Waals surface area contributed by atoms with Crippen molar-refractivity contribution in [3.63, 3.8) is 0 Å². The van der Waals surface area contributed by atoms with Crippen LogP contribution in [0, 0.1) is 0 Å². The van der Waals surface area contributed by atoms with E-state index in [2.05, 4.69) is 34.2 Å². The quantitative estimate of drug-likeness (QED) is 0.828. The van der Waals surface area contributed by atoms with Crippen LogP contribution in [0.3, 0.4) is 0 Å².